The Kier molecular flexibility index (Phi) is 4.33. The van der Waals surface area contributed by atoms with E-state index in [1.807, 2.05) is 7.05 Å². The third-order valence-corrected chi connectivity index (χ3v) is 3.99. The Morgan fingerprint density at radius 1 is 1.40 bits per heavy atom. The molecule has 1 aliphatic rings. The fourth-order valence-corrected chi connectivity index (χ4v) is 2.24. The number of carbonyl (C=O) groups is 1. The van der Waals surface area contributed by atoms with Crippen molar-refractivity contribution in [3.8, 4) is 0 Å². The van der Waals surface area contributed by atoms with Crippen LogP contribution in [0.1, 0.15) is 31.7 Å². The first kappa shape index (κ1) is 14.9. The van der Waals surface area contributed by atoms with Crippen LogP contribution >= 0.6 is 0 Å². The summed E-state index contributed by atoms with van der Waals surface area (Å²) in [6.45, 7) is 4.56. The zero-order valence-electron chi connectivity index (χ0n) is 12.5. The van der Waals surface area contributed by atoms with Gasteiger partial charge >= 0.3 is 5.97 Å². The van der Waals surface area contributed by atoms with Crippen LogP contribution in [-0.4, -0.2) is 36.2 Å². The second-order valence-corrected chi connectivity index (χ2v) is 6.06. The van der Waals surface area contributed by atoms with Crippen LogP contribution in [-0.2, 0) is 4.79 Å². The van der Waals surface area contributed by atoms with Crippen molar-refractivity contribution in [2.75, 3.05) is 18.5 Å². The molecular weight excluding hydrogens is 252 g/mol. The van der Waals surface area contributed by atoms with Gasteiger partial charge in [-0.1, -0.05) is 17.7 Å². The molecule has 1 aromatic rings. The Hall–Kier alpha value is -1.55. The van der Waals surface area contributed by atoms with Crippen LogP contribution in [0, 0.1) is 6.92 Å². The molecule has 4 heteroatoms. The van der Waals surface area contributed by atoms with Crippen molar-refractivity contribution < 1.29 is 9.90 Å². The summed E-state index contributed by atoms with van der Waals surface area (Å²) < 4.78 is 0. The Morgan fingerprint density at radius 2 is 2.00 bits per heavy atom. The molecule has 0 radical (unpaired) electrons. The van der Waals surface area contributed by atoms with Crippen LogP contribution in [0.15, 0.2) is 24.3 Å². The fraction of sp³-hybridized carbons (Fsp3) is 0.562. The van der Waals surface area contributed by atoms with Gasteiger partial charge < -0.3 is 10.0 Å². The van der Waals surface area contributed by atoms with Crippen molar-refractivity contribution in [1.82, 2.24) is 5.32 Å². The summed E-state index contributed by atoms with van der Waals surface area (Å²) in [5, 5.41) is 12.7. The van der Waals surface area contributed by atoms with E-state index < -0.39 is 11.5 Å². The summed E-state index contributed by atoms with van der Waals surface area (Å²) in [7, 11) is 2.00. The summed E-state index contributed by atoms with van der Waals surface area (Å²) in [6, 6.07) is 8.68. The fourth-order valence-electron chi connectivity index (χ4n) is 2.24. The molecule has 0 spiro atoms. The number of carboxylic acids is 1. The van der Waals surface area contributed by atoms with Crippen molar-refractivity contribution in [2.24, 2.45) is 0 Å². The standard InChI is InChI=1S/C16H24N2O2/c1-12-4-8-14(9-5-12)18(3)11-10-16(2,15(19)20)17-13-6-7-13/h4-5,8-9,13,17H,6-7,10-11H2,1-3H3,(H,19,20). The summed E-state index contributed by atoms with van der Waals surface area (Å²) in [6.07, 6.45) is 2.77. The lowest BCUT2D eigenvalue weighted by Gasteiger charge is -2.29. The van der Waals surface area contributed by atoms with E-state index in [1.54, 1.807) is 6.92 Å². The number of anilines is 1. The molecule has 110 valence electrons. The quantitative estimate of drug-likeness (QED) is 0.803. The predicted octanol–water partition coefficient (Wildman–Crippen LogP) is 2.42. The summed E-state index contributed by atoms with van der Waals surface area (Å²) in [5.74, 6) is -0.762. The van der Waals surface area contributed by atoms with E-state index in [1.165, 1.54) is 5.56 Å². The molecule has 0 heterocycles. The molecule has 4 nitrogen and oxygen atoms in total. The van der Waals surface area contributed by atoms with Crippen LogP contribution in [0.3, 0.4) is 0 Å². The van der Waals surface area contributed by atoms with Gasteiger partial charge in [0.05, 0.1) is 0 Å². The maximum atomic E-state index is 11.5. The molecule has 1 fully saturated rings. The van der Waals surface area contributed by atoms with Gasteiger partial charge in [0.2, 0.25) is 0 Å². The van der Waals surface area contributed by atoms with Crippen molar-refractivity contribution in [2.45, 2.75) is 44.7 Å². The number of nitrogens with zero attached hydrogens (tertiary/aromatic N) is 1. The number of hydrogen-bond acceptors (Lipinski definition) is 3. The first-order chi connectivity index (χ1) is 9.40. The van der Waals surface area contributed by atoms with Crippen LogP contribution < -0.4 is 10.2 Å². The maximum Gasteiger partial charge on any atom is 0.323 e. The molecule has 2 N–H and O–H groups in total. The normalized spacial score (nSPS) is 17.6. The van der Waals surface area contributed by atoms with Gasteiger partial charge in [-0.25, -0.2) is 0 Å². The minimum atomic E-state index is -0.833. The monoisotopic (exact) mass is 276 g/mol. The number of aliphatic carboxylic acids is 1. The molecule has 0 amide bonds. The number of benzene rings is 1. The van der Waals surface area contributed by atoms with E-state index in [-0.39, 0.29) is 0 Å². The first-order valence-corrected chi connectivity index (χ1v) is 7.19. The molecule has 0 aliphatic heterocycles. The lowest BCUT2D eigenvalue weighted by molar-refractivity contribution is -0.144. The van der Waals surface area contributed by atoms with Crippen molar-refractivity contribution in [3.05, 3.63) is 29.8 Å². The van der Waals surface area contributed by atoms with Crippen molar-refractivity contribution in [1.29, 1.82) is 0 Å². The molecule has 2 rings (SSSR count). The molecule has 1 saturated carbocycles. The Labute approximate surface area is 120 Å². The number of carboxylic acid groups (broad SMARTS) is 1. The first-order valence-electron chi connectivity index (χ1n) is 7.19. The minimum Gasteiger partial charge on any atom is -0.480 e. The second kappa shape index (κ2) is 5.83. The molecule has 0 aromatic heterocycles. The third kappa shape index (κ3) is 3.73. The molecule has 1 aromatic carbocycles. The highest BCUT2D eigenvalue weighted by Gasteiger charge is 2.38. The van der Waals surface area contributed by atoms with Gasteiger partial charge in [-0.2, -0.15) is 0 Å². The number of hydrogen-bond donors (Lipinski definition) is 2. The summed E-state index contributed by atoms with van der Waals surface area (Å²) in [4.78, 5) is 13.6. The Bertz CT molecular complexity index is 468. The molecule has 1 aliphatic carbocycles. The van der Waals surface area contributed by atoms with E-state index in [0.717, 1.165) is 18.5 Å². The van der Waals surface area contributed by atoms with Gasteiger partial charge in [-0.15, -0.1) is 0 Å². The molecule has 0 saturated heterocycles. The zero-order chi connectivity index (χ0) is 14.8. The van der Waals surface area contributed by atoms with Gasteiger partial charge in [0.15, 0.2) is 0 Å². The van der Waals surface area contributed by atoms with Crippen LogP contribution in [0.4, 0.5) is 5.69 Å². The van der Waals surface area contributed by atoms with Gasteiger partial charge in [-0.3, -0.25) is 10.1 Å². The molecule has 1 atom stereocenters. The number of rotatable bonds is 7. The highest BCUT2D eigenvalue weighted by Crippen LogP contribution is 2.25. The topological polar surface area (TPSA) is 52.6 Å². The largest absolute Gasteiger partial charge is 0.480 e. The van der Waals surface area contributed by atoms with E-state index >= 15 is 0 Å². The maximum absolute atomic E-state index is 11.5. The lowest BCUT2D eigenvalue weighted by atomic mass is 9.97. The molecule has 1 unspecified atom stereocenters. The van der Waals surface area contributed by atoms with Crippen molar-refractivity contribution in [3.63, 3.8) is 0 Å². The number of nitrogens with one attached hydrogen (secondary N) is 1. The highest BCUT2D eigenvalue weighted by molar-refractivity contribution is 5.78. The van der Waals surface area contributed by atoms with Crippen LogP contribution in [0.2, 0.25) is 0 Å². The average molecular weight is 276 g/mol. The van der Waals surface area contributed by atoms with E-state index in [0.29, 0.717) is 19.0 Å². The summed E-state index contributed by atoms with van der Waals surface area (Å²) in [5.41, 5.74) is 1.52. The molecule has 20 heavy (non-hydrogen) atoms. The van der Waals surface area contributed by atoms with E-state index in [9.17, 15) is 9.90 Å². The zero-order valence-corrected chi connectivity index (χ0v) is 12.5. The van der Waals surface area contributed by atoms with E-state index in [4.69, 9.17) is 0 Å². The van der Waals surface area contributed by atoms with Crippen LogP contribution in [0.5, 0.6) is 0 Å². The van der Waals surface area contributed by atoms with Crippen molar-refractivity contribution >= 4 is 11.7 Å². The predicted molar refractivity (Wildman–Crippen MR) is 81.3 cm³/mol. The van der Waals surface area contributed by atoms with E-state index in [2.05, 4.69) is 41.4 Å². The smallest absolute Gasteiger partial charge is 0.323 e. The minimum absolute atomic E-state index is 0.390. The average Bonchev–Trinajstić information content (AvgIpc) is 3.20. The summed E-state index contributed by atoms with van der Waals surface area (Å²) >= 11 is 0. The second-order valence-electron chi connectivity index (χ2n) is 6.06. The van der Waals surface area contributed by atoms with Gasteiger partial charge in [-0.05, 0) is 45.2 Å². The Balaban J connectivity index is 1.94. The molecular formula is C16H24N2O2. The van der Waals surface area contributed by atoms with Gasteiger partial charge in [0, 0.05) is 25.3 Å². The van der Waals surface area contributed by atoms with Crippen LogP contribution in [0.25, 0.3) is 0 Å². The SMILES string of the molecule is Cc1ccc(N(C)CCC(C)(NC2CC2)C(=O)O)cc1. The third-order valence-electron chi connectivity index (χ3n) is 3.99. The number of aryl methyl sites for hydroxylation is 1. The molecule has 0 bridgehead atoms. The lowest BCUT2D eigenvalue weighted by Crippen LogP contribution is -2.52. The Morgan fingerprint density at radius 3 is 2.50 bits per heavy atom. The highest BCUT2D eigenvalue weighted by atomic mass is 16.4. The van der Waals surface area contributed by atoms with Gasteiger partial charge in [0.25, 0.3) is 0 Å². The van der Waals surface area contributed by atoms with Gasteiger partial charge in [0.1, 0.15) is 5.54 Å².